The lowest BCUT2D eigenvalue weighted by molar-refractivity contribution is -0.0490. The maximum atomic E-state index is 5.65. The molecule has 0 saturated carbocycles. The smallest absolute Gasteiger partial charge is 0.0674 e. The summed E-state index contributed by atoms with van der Waals surface area (Å²) in [5.41, 5.74) is 0. The predicted octanol–water partition coefficient (Wildman–Crippen LogP) is 1.72. The molecule has 0 aromatic carbocycles. The normalized spacial score (nSPS) is 32.2. The van der Waals surface area contributed by atoms with Crippen LogP contribution in [0.4, 0.5) is 0 Å². The van der Waals surface area contributed by atoms with E-state index in [0.29, 0.717) is 12.1 Å². The lowest BCUT2D eigenvalue weighted by atomic mass is 10.2. The highest BCUT2D eigenvalue weighted by atomic mass is 35.5. The third-order valence-electron chi connectivity index (χ3n) is 2.32. The van der Waals surface area contributed by atoms with Gasteiger partial charge < -0.3 is 4.74 Å². The minimum atomic E-state index is 0.386. The van der Waals surface area contributed by atoms with Crippen LogP contribution < -0.4 is 0 Å². The molecule has 0 amide bonds. The van der Waals surface area contributed by atoms with Crippen molar-refractivity contribution in [2.75, 3.05) is 25.6 Å². The Bertz CT molecular complexity index is 132. The van der Waals surface area contributed by atoms with Crippen molar-refractivity contribution in [2.45, 2.75) is 32.4 Å². The standard InChI is InChI=1S/C9H18ClNO/c1-8-7-12-9(2)6-11(8)5-3-4-10/h8-9H,3-7H2,1-2H3. The van der Waals surface area contributed by atoms with Gasteiger partial charge in [-0.2, -0.15) is 0 Å². The molecule has 0 spiro atoms. The zero-order chi connectivity index (χ0) is 8.97. The number of nitrogens with zero attached hydrogens (tertiary/aromatic N) is 1. The van der Waals surface area contributed by atoms with Gasteiger partial charge in [-0.25, -0.2) is 0 Å². The van der Waals surface area contributed by atoms with Gasteiger partial charge in [-0.05, 0) is 26.8 Å². The first-order valence-corrected chi connectivity index (χ1v) is 5.19. The third-order valence-corrected chi connectivity index (χ3v) is 2.58. The molecule has 2 nitrogen and oxygen atoms in total. The van der Waals surface area contributed by atoms with E-state index in [9.17, 15) is 0 Å². The van der Waals surface area contributed by atoms with Crippen LogP contribution in [0.2, 0.25) is 0 Å². The topological polar surface area (TPSA) is 12.5 Å². The number of halogens is 1. The quantitative estimate of drug-likeness (QED) is 0.630. The minimum absolute atomic E-state index is 0.386. The Balaban J connectivity index is 2.28. The van der Waals surface area contributed by atoms with Crippen LogP contribution in [-0.2, 0) is 4.74 Å². The summed E-state index contributed by atoms with van der Waals surface area (Å²) >= 11 is 5.65. The van der Waals surface area contributed by atoms with E-state index >= 15 is 0 Å². The zero-order valence-electron chi connectivity index (χ0n) is 7.92. The van der Waals surface area contributed by atoms with Crippen LogP contribution in [0, 0.1) is 0 Å². The Morgan fingerprint density at radius 1 is 1.50 bits per heavy atom. The van der Waals surface area contributed by atoms with Crippen LogP contribution in [0.1, 0.15) is 20.3 Å². The number of rotatable bonds is 3. The van der Waals surface area contributed by atoms with Crippen LogP contribution in [0.15, 0.2) is 0 Å². The second-order valence-corrected chi connectivity index (χ2v) is 3.91. The fraction of sp³-hybridized carbons (Fsp3) is 1.00. The Hall–Kier alpha value is 0.210. The molecule has 1 fully saturated rings. The molecule has 1 heterocycles. The van der Waals surface area contributed by atoms with E-state index in [1.807, 2.05) is 0 Å². The molecule has 3 heteroatoms. The van der Waals surface area contributed by atoms with Crippen molar-refractivity contribution < 1.29 is 4.74 Å². The maximum Gasteiger partial charge on any atom is 0.0674 e. The summed E-state index contributed by atoms with van der Waals surface area (Å²) in [6.07, 6.45) is 1.47. The molecule has 1 aliphatic heterocycles. The van der Waals surface area contributed by atoms with Crippen LogP contribution >= 0.6 is 11.6 Å². The van der Waals surface area contributed by atoms with E-state index < -0.39 is 0 Å². The summed E-state index contributed by atoms with van der Waals surface area (Å²) < 4.78 is 5.53. The highest BCUT2D eigenvalue weighted by molar-refractivity contribution is 6.17. The van der Waals surface area contributed by atoms with Crippen LogP contribution in [0.25, 0.3) is 0 Å². The molecule has 1 aliphatic rings. The summed E-state index contributed by atoms with van der Waals surface area (Å²) in [4.78, 5) is 2.45. The van der Waals surface area contributed by atoms with Gasteiger partial charge in [0.25, 0.3) is 0 Å². The minimum Gasteiger partial charge on any atom is -0.376 e. The van der Waals surface area contributed by atoms with E-state index in [2.05, 4.69) is 18.7 Å². The molecule has 72 valence electrons. The monoisotopic (exact) mass is 191 g/mol. The van der Waals surface area contributed by atoms with Gasteiger partial charge >= 0.3 is 0 Å². The molecule has 0 aromatic rings. The lowest BCUT2D eigenvalue weighted by Crippen LogP contribution is -2.47. The molecule has 2 atom stereocenters. The summed E-state index contributed by atoms with van der Waals surface area (Å²) in [6, 6.07) is 0.560. The van der Waals surface area contributed by atoms with Crippen molar-refractivity contribution in [3.63, 3.8) is 0 Å². The molecular weight excluding hydrogens is 174 g/mol. The summed E-state index contributed by atoms with van der Waals surface area (Å²) in [6.45, 7) is 7.36. The molecule has 1 rings (SSSR count). The van der Waals surface area contributed by atoms with Crippen molar-refractivity contribution >= 4 is 11.6 Å². The fourth-order valence-corrected chi connectivity index (χ4v) is 1.67. The largest absolute Gasteiger partial charge is 0.376 e. The Morgan fingerprint density at radius 3 is 2.92 bits per heavy atom. The first kappa shape index (κ1) is 10.3. The number of hydrogen-bond acceptors (Lipinski definition) is 2. The molecule has 1 saturated heterocycles. The molecule has 0 aliphatic carbocycles. The van der Waals surface area contributed by atoms with Gasteiger partial charge in [0.05, 0.1) is 12.7 Å². The van der Waals surface area contributed by atoms with Crippen molar-refractivity contribution in [1.82, 2.24) is 4.90 Å². The SMILES string of the molecule is CC1CN(CCCCl)C(C)CO1. The lowest BCUT2D eigenvalue weighted by Gasteiger charge is -2.36. The van der Waals surface area contributed by atoms with E-state index in [1.165, 1.54) is 0 Å². The maximum absolute atomic E-state index is 5.65. The zero-order valence-corrected chi connectivity index (χ0v) is 8.68. The Labute approximate surface area is 79.8 Å². The van der Waals surface area contributed by atoms with Crippen LogP contribution in [-0.4, -0.2) is 42.6 Å². The number of hydrogen-bond donors (Lipinski definition) is 0. The van der Waals surface area contributed by atoms with Crippen molar-refractivity contribution in [3.05, 3.63) is 0 Å². The molecular formula is C9H18ClNO. The second-order valence-electron chi connectivity index (χ2n) is 3.53. The van der Waals surface area contributed by atoms with Gasteiger partial charge in [-0.3, -0.25) is 4.90 Å². The molecule has 2 unspecified atom stereocenters. The first-order valence-electron chi connectivity index (χ1n) is 4.65. The Morgan fingerprint density at radius 2 is 2.25 bits per heavy atom. The number of ether oxygens (including phenoxy) is 1. The van der Waals surface area contributed by atoms with Crippen molar-refractivity contribution in [1.29, 1.82) is 0 Å². The van der Waals surface area contributed by atoms with Crippen molar-refractivity contribution in [2.24, 2.45) is 0 Å². The van der Waals surface area contributed by atoms with Crippen molar-refractivity contribution in [3.8, 4) is 0 Å². The molecule has 0 N–H and O–H groups in total. The van der Waals surface area contributed by atoms with Gasteiger partial charge in [0.15, 0.2) is 0 Å². The average molecular weight is 192 g/mol. The average Bonchev–Trinajstić information content (AvgIpc) is 2.07. The second kappa shape index (κ2) is 5.05. The summed E-state index contributed by atoms with van der Waals surface area (Å²) in [5.74, 6) is 0.762. The third kappa shape index (κ3) is 2.92. The van der Waals surface area contributed by atoms with Crippen LogP contribution in [0.5, 0.6) is 0 Å². The number of alkyl halides is 1. The van der Waals surface area contributed by atoms with E-state index in [0.717, 1.165) is 32.0 Å². The van der Waals surface area contributed by atoms with E-state index in [-0.39, 0.29) is 0 Å². The van der Waals surface area contributed by atoms with E-state index in [4.69, 9.17) is 16.3 Å². The van der Waals surface area contributed by atoms with Crippen LogP contribution in [0.3, 0.4) is 0 Å². The molecule has 12 heavy (non-hydrogen) atoms. The van der Waals surface area contributed by atoms with E-state index in [1.54, 1.807) is 0 Å². The molecule has 0 radical (unpaired) electrons. The van der Waals surface area contributed by atoms with Gasteiger partial charge in [0.1, 0.15) is 0 Å². The highest BCUT2D eigenvalue weighted by Crippen LogP contribution is 2.11. The highest BCUT2D eigenvalue weighted by Gasteiger charge is 2.22. The molecule has 0 bridgehead atoms. The predicted molar refractivity (Wildman–Crippen MR) is 51.8 cm³/mol. The number of morpholine rings is 1. The van der Waals surface area contributed by atoms with Gasteiger partial charge in [0.2, 0.25) is 0 Å². The van der Waals surface area contributed by atoms with Gasteiger partial charge in [-0.15, -0.1) is 11.6 Å². The summed E-state index contributed by atoms with van der Waals surface area (Å²) in [7, 11) is 0. The summed E-state index contributed by atoms with van der Waals surface area (Å²) in [5, 5.41) is 0. The Kier molecular flexibility index (Phi) is 4.33. The van der Waals surface area contributed by atoms with Gasteiger partial charge in [0, 0.05) is 18.5 Å². The molecule has 0 aromatic heterocycles. The van der Waals surface area contributed by atoms with Gasteiger partial charge in [-0.1, -0.05) is 0 Å². The fourth-order valence-electron chi connectivity index (χ4n) is 1.55. The first-order chi connectivity index (χ1) is 5.74.